The highest BCUT2D eigenvalue weighted by Crippen LogP contribution is 2.32. The van der Waals surface area contributed by atoms with Gasteiger partial charge in [0.15, 0.2) is 0 Å². The first-order chi connectivity index (χ1) is 10.6. The zero-order valence-corrected chi connectivity index (χ0v) is 12.0. The molecule has 0 aliphatic rings. The van der Waals surface area contributed by atoms with Crippen LogP contribution in [0.25, 0.3) is 0 Å². The third kappa shape index (κ3) is 4.51. The van der Waals surface area contributed by atoms with Gasteiger partial charge in [-0.2, -0.15) is 26.3 Å². The van der Waals surface area contributed by atoms with Gasteiger partial charge in [0.25, 0.3) is 0 Å². The normalized spacial score (nSPS) is 12.3. The van der Waals surface area contributed by atoms with E-state index in [1.54, 1.807) is 0 Å². The van der Waals surface area contributed by atoms with Crippen LogP contribution < -0.4 is 5.32 Å². The summed E-state index contributed by atoms with van der Waals surface area (Å²) in [7, 11) is 0. The number of hydrogen-bond acceptors (Lipinski definition) is 2. The Kier molecular flexibility index (Phi) is 4.74. The molecule has 0 spiro atoms. The molecular weight excluding hydrogens is 346 g/mol. The summed E-state index contributed by atoms with van der Waals surface area (Å²) in [5.74, 6) is 0.0135. The molecular formula is C14H9ClF6N2. The summed E-state index contributed by atoms with van der Waals surface area (Å²) in [4.78, 5) is 3.57. The van der Waals surface area contributed by atoms with Crippen molar-refractivity contribution in [2.24, 2.45) is 0 Å². The van der Waals surface area contributed by atoms with Crippen molar-refractivity contribution in [3.05, 3.63) is 58.2 Å². The monoisotopic (exact) mass is 354 g/mol. The fourth-order valence-corrected chi connectivity index (χ4v) is 1.95. The van der Waals surface area contributed by atoms with Crippen molar-refractivity contribution in [1.29, 1.82) is 0 Å². The van der Waals surface area contributed by atoms with Crippen molar-refractivity contribution in [1.82, 2.24) is 4.98 Å². The number of nitrogens with zero attached hydrogens (tertiary/aromatic N) is 1. The first kappa shape index (κ1) is 17.4. The van der Waals surface area contributed by atoms with E-state index < -0.39 is 23.5 Å². The van der Waals surface area contributed by atoms with E-state index in [0.29, 0.717) is 11.8 Å². The molecule has 0 unspecified atom stereocenters. The molecule has 0 aliphatic carbocycles. The van der Waals surface area contributed by atoms with E-state index >= 15 is 0 Å². The second-order valence-electron chi connectivity index (χ2n) is 4.60. The Bertz CT molecular complexity index is 679. The van der Waals surface area contributed by atoms with Gasteiger partial charge >= 0.3 is 12.4 Å². The summed E-state index contributed by atoms with van der Waals surface area (Å²) >= 11 is 5.71. The molecule has 2 nitrogen and oxygen atoms in total. The van der Waals surface area contributed by atoms with Gasteiger partial charge in [0.05, 0.1) is 16.1 Å². The molecule has 9 heteroatoms. The van der Waals surface area contributed by atoms with Crippen LogP contribution in [0, 0.1) is 0 Å². The fourth-order valence-electron chi connectivity index (χ4n) is 1.72. The second kappa shape index (κ2) is 6.27. The molecule has 1 heterocycles. The van der Waals surface area contributed by atoms with Crippen LogP contribution in [-0.4, -0.2) is 4.98 Å². The lowest BCUT2D eigenvalue weighted by atomic mass is 10.1. The fraction of sp³-hybridized carbons (Fsp3) is 0.214. The lowest BCUT2D eigenvalue weighted by Crippen LogP contribution is -2.08. The number of pyridine rings is 1. The lowest BCUT2D eigenvalue weighted by Gasteiger charge is -2.11. The molecule has 23 heavy (non-hydrogen) atoms. The third-order valence-electron chi connectivity index (χ3n) is 2.91. The van der Waals surface area contributed by atoms with Crippen molar-refractivity contribution < 1.29 is 26.3 Å². The molecule has 1 aromatic carbocycles. The Morgan fingerprint density at radius 1 is 0.913 bits per heavy atom. The van der Waals surface area contributed by atoms with Crippen LogP contribution in [-0.2, 0) is 18.9 Å². The van der Waals surface area contributed by atoms with E-state index in [2.05, 4.69) is 10.3 Å². The maximum Gasteiger partial charge on any atom is 0.417 e. The summed E-state index contributed by atoms with van der Waals surface area (Å²) < 4.78 is 74.7. The quantitative estimate of drug-likeness (QED) is 0.748. The molecule has 0 atom stereocenters. The maximum absolute atomic E-state index is 12.5. The van der Waals surface area contributed by atoms with Gasteiger partial charge in [-0.05, 0) is 23.8 Å². The minimum Gasteiger partial charge on any atom is -0.365 e. The van der Waals surface area contributed by atoms with Crippen LogP contribution in [0.5, 0.6) is 0 Å². The first-order valence-electron chi connectivity index (χ1n) is 6.20. The summed E-state index contributed by atoms with van der Waals surface area (Å²) in [5, 5.41) is 2.44. The minimum absolute atomic E-state index is 0.0135. The minimum atomic E-state index is -4.55. The highest BCUT2D eigenvalue weighted by molar-refractivity contribution is 6.32. The summed E-state index contributed by atoms with van der Waals surface area (Å²) in [5.41, 5.74) is -1.27. The van der Waals surface area contributed by atoms with Crippen molar-refractivity contribution >= 4 is 17.4 Å². The van der Waals surface area contributed by atoms with Crippen molar-refractivity contribution in [3.8, 4) is 0 Å². The van der Waals surface area contributed by atoms with Crippen LogP contribution in [0.4, 0.5) is 32.2 Å². The molecule has 0 aliphatic heterocycles. The standard InChI is InChI=1S/C14H9ClF6N2/c15-11-5-10(14(19,20)21)7-23-12(11)22-6-8-1-3-9(4-2-8)13(16,17)18/h1-5,7H,6H2,(H,22,23). The second-order valence-corrected chi connectivity index (χ2v) is 5.01. The largest absolute Gasteiger partial charge is 0.417 e. The number of aromatic nitrogens is 1. The zero-order chi connectivity index (χ0) is 17.3. The molecule has 0 amide bonds. The predicted molar refractivity (Wildman–Crippen MR) is 73.0 cm³/mol. The molecule has 2 rings (SSSR count). The van der Waals surface area contributed by atoms with Gasteiger partial charge in [0.2, 0.25) is 0 Å². The number of rotatable bonds is 3. The van der Waals surface area contributed by atoms with E-state index in [-0.39, 0.29) is 17.4 Å². The number of hydrogen-bond donors (Lipinski definition) is 1. The van der Waals surface area contributed by atoms with Crippen molar-refractivity contribution in [2.45, 2.75) is 18.9 Å². The molecule has 124 valence electrons. The maximum atomic E-state index is 12.5. The Labute approximate surface area is 132 Å². The molecule has 1 N–H and O–H groups in total. The first-order valence-corrected chi connectivity index (χ1v) is 6.58. The molecule has 0 saturated carbocycles. The topological polar surface area (TPSA) is 24.9 Å². The summed E-state index contributed by atoms with van der Waals surface area (Å²) in [6.45, 7) is 0.0657. The molecule has 2 aromatic rings. The Balaban J connectivity index is 2.06. The van der Waals surface area contributed by atoms with Gasteiger partial charge in [-0.3, -0.25) is 0 Å². The smallest absolute Gasteiger partial charge is 0.365 e. The van der Waals surface area contributed by atoms with Gasteiger partial charge < -0.3 is 5.32 Å². The Hall–Kier alpha value is -1.96. The molecule has 0 radical (unpaired) electrons. The van der Waals surface area contributed by atoms with Gasteiger partial charge in [-0.15, -0.1) is 0 Å². The summed E-state index contributed by atoms with van der Waals surface area (Å²) in [6.07, 6.45) is -8.35. The van der Waals surface area contributed by atoms with Crippen LogP contribution in [0.3, 0.4) is 0 Å². The van der Waals surface area contributed by atoms with Crippen LogP contribution in [0.15, 0.2) is 36.5 Å². The Morgan fingerprint density at radius 3 is 1.96 bits per heavy atom. The highest BCUT2D eigenvalue weighted by atomic mass is 35.5. The molecule has 0 bridgehead atoms. The zero-order valence-electron chi connectivity index (χ0n) is 11.3. The van der Waals surface area contributed by atoms with E-state index in [1.807, 2.05) is 0 Å². The molecule has 0 fully saturated rings. The van der Waals surface area contributed by atoms with Crippen LogP contribution >= 0.6 is 11.6 Å². The SMILES string of the molecule is FC(F)(F)c1ccc(CNc2ncc(C(F)(F)F)cc2Cl)cc1. The van der Waals surface area contributed by atoms with E-state index in [9.17, 15) is 26.3 Å². The van der Waals surface area contributed by atoms with Gasteiger partial charge in [0, 0.05) is 12.7 Å². The van der Waals surface area contributed by atoms with Crippen LogP contribution in [0.1, 0.15) is 16.7 Å². The number of benzene rings is 1. The van der Waals surface area contributed by atoms with E-state index in [4.69, 9.17) is 11.6 Å². The average Bonchev–Trinajstić information content (AvgIpc) is 2.44. The number of anilines is 1. The summed E-state index contributed by atoms with van der Waals surface area (Å²) in [6, 6.07) is 5.07. The average molecular weight is 355 g/mol. The van der Waals surface area contributed by atoms with E-state index in [1.165, 1.54) is 12.1 Å². The number of nitrogens with one attached hydrogen (secondary N) is 1. The van der Waals surface area contributed by atoms with Gasteiger partial charge in [-0.25, -0.2) is 4.98 Å². The van der Waals surface area contributed by atoms with Gasteiger partial charge in [0.1, 0.15) is 5.82 Å². The third-order valence-corrected chi connectivity index (χ3v) is 3.20. The number of halogens is 7. The number of alkyl halides is 6. The predicted octanol–water partition coefficient (Wildman–Crippen LogP) is 5.38. The molecule has 1 aromatic heterocycles. The van der Waals surface area contributed by atoms with Gasteiger partial charge in [-0.1, -0.05) is 23.7 Å². The Morgan fingerprint density at radius 2 is 1.48 bits per heavy atom. The van der Waals surface area contributed by atoms with Crippen LogP contribution in [0.2, 0.25) is 5.02 Å². The highest BCUT2D eigenvalue weighted by Gasteiger charge is 2.32. The lowest BCUT2D eigenvalue weighted by molar-refractivity contribution is -0.138. The molecule has 0 saturated heterocycles. The van der Waals surface area contributed by atoms with Crippen molar-refractivity contribution in [3.63, 3.8) is 0 Å². The van der Waals surface area contributed by atoms with E-state index in [0.717, 1.165) is 18.2 Å². The van der Waals surface area contributed by atoms with Crippen molar-refractivity contribution in [2.75, 3.05) is 5.32 Å².